The molecule has 1 aliphatic heterocycles. The Bertz CT molecular complexity index is 1200. The molecule has 0 bridgehead atoms. The average molecular weight is 618 g/mol. The lowest BCUT2D eigenvalue weighted by Gasteiger charge is -2.29. The van der Waals surface area contributed by atoms with Gasteiger partial charge in [0.25, 0.3) is 0 Å². The van der Waals surface area contributed by atoms with Crippen LogP contribution in [0.25, 0.3) is 10.2 Å². The van der Waals surface area contributed by atoms with Gasteiger partial charge in [-0.3, -0.25) is 19.3 Å². The van der Waals surface area contributed by atoms with Gasteiger partial charge in [-0.15, -0.1) is 11.3 Å². The molecule has 2 fully saturated rings. The molecule has 41 heavy (non-hydrogen) atoms. The highest BCUT2D eigenvalue weighted by molar-refractivity contribution is 7.99. The number of ketones is 2. The number of thioether (sulfide) groups is 1. The van der Waals surface area contributed by atoms with Gasteiger partial charge in [0.15, 0.2) is 5.78 Å². The van der Waals surface area contributed by atoms with Crippen LogP contribution < -0.4 is 5.32 Å². The van der Waals surface area contributed by atoms with Gasteiger partial charge in [-0.25, -0.2) is 4.98 Å². The number of amides is 1. The molecule has 2 atom stereocenters. The maximum atomic E-state index is 13.7. The van der Waals surface area contributed by atoms with Gasteiger partial charge in [0.05, 0.1) is 21.1 Å². The van der Waals surface area contributed by atoms with Gasteiger partial charge >= 0.3 is 0 Å². The third kappa shape index (κ3) is 10.2. The third-order valence-electron chi connectivity index (χ3n) is 8.38. The van der Waals surface area contributed by atoms with E-state index in [1.54, 1.807) is 0 Å². The molecule has 1 aliphatic carbocycles. The number of nitrogens with one attached hydrogen (secondary N) is 1. The molecule has 6 nitrogen and oxygen atoms in total. The van der Waals surface area contributed by atoms with E-state index in [4.69, 9.17) is 16.6 Å². The van der Waals surface area contributed by atoms with E-state index in [-0.39, 0.29) is 29.9 Å². The summed E-state index contributed by atoms with van der Waals surface area (Å²) in [6.07, 6.45) is 8.94. The molecule has 1 amide bonds. The number of hydrogen-bond acceptors (Lipinski definition) is 7. The average Bonchev–Trinajstić information content (AvgIpc) is 3.37. The number of fused-ring (bicyclic) bond motifs is 1. The summed E-state index contributed by atoms with van der Waals surface area (Å²) in [6, 6.07) is 5.50. The van der Waals surface area contributed by atoms with Crippen LogP contribution in [-0.2, 0) is 20.8 Å². The topological polar surface area (TPSA) is 79.4 Å². The van der Waals surface area contributed by atoms with Crippen LogP contribution in [0, 0.1) is 11.8 Å². The van der Waals surface area contributed by atoms with Crippen molar-refractivity contribution < 1.29 is 14.4 Å². The Labute approximate surface area is 258 Å². The first-order valence-corrected chi connectivity index (χ1v) is 17.5. The van der Waals surface area contributed by atoms with Gasteiger partial charge in [-0.1, -0.05) is 57.2 Å². The normalized spacial score (nSPS) is 18.2. The first-order valence-electron chi connectivity index (χ1n) is 15.2. The van der Waals surface area contributed by atoms with E-state index in [1.807, 2.05) is 36.9 Å². The van der Waals surface area contributed by atoms with Gasteiger partial charge in [0.1, 0.15) is 5.78 Å². The van der Waals surface area contributed by atoms with Crippen molar-refractivity contribution in [1.29, 1.82) is 0 Å². The number of rotatable bonds is 15. The molecule has 1 saturated carbocycles. The van der Waals surface area contributed by atoms with Gasteiger partial charge in [-0.05, 0) is 37.0 Å². The van der Waals surface area contributed by atoms with Crippen LogP contribution in [0.4, 0.5) is 0 Å². The number of nitrogens with zero attached hydrogens (tertiary/aromatic N) is 2. The minimum absolute atomic E-state index is 0.0701. The predicted octanol–water partition coefficient (Wildman–Crippen LogP) is 6.89. The molecule has 0 spiro atoms. The summed E-state index contributed by atoms with van der Waals surface area (Å²) in [4.78, 5) is 46.3. The van der Waals surface area contributed by atoms with Crippen LogP contribution in [0.15, 0.2) is 30.4 Å². The zero-order chi connectivity index (χ0) is 29.2. The molecule has 1 aromatic heterocycles. The smallest absolute Gasteiger partial charge is 0.224 e. The fourth-order valence-electron chi connectivity index (χ4n) is 5.91. The Kier molecular flexibility index (Phi) is 12.7. The molecule has 224 valence electrons. The predicted molar refractivity (Wildman–Crippen MR) is 172 cm³/mol. The molecule has 1 N–H and O–H groups in total. The zero-order valence-corrected chi connectivity index (χ0v) is 26.7. The lowest BCUT2D eigenvalue weighted by molar-refractivity contribution is -0.130. The molecule has 4 rings (SSSR count). The number of thiazole rings is 1. The second-order valence-corrected chi connectivity index (χ2v) is 14.4. The van der Waals surface area contributed by atoms with Crippen molar-refractivity contribution in [1.82, 2.24) is 15.2 Å². The molecule has 1 saturated heterocycles. The number of benzene rings is 1. The van der Waals surface area contributed by atoms with E-state index in [1.165, 1.54) is 43.4 Å². The molecule has 2 aromatic rings. The van der Waals surface area contributed by atoms with Gasteiger partial charge in [0.2, 0.25) is 5.91 Å². The van der Waals surface area contributed by atoms with Crippen molar-refractivity contribution in [3.8, 4) is 0 Å². The Morgan fingerprint density at radius 1 is 1.17 bits per heavy atom. The largest absolute Gasteiger partial charge is 0.353 e. The Hall–Kier alpha value is -1.74. The number of carbonyl (C=O) groups excluding carboxylic acids is 3. The van der Waals surface area contributed by atoms with Crippen LogP contribution >= 0.6 is 34.7 Å². The lowest BCUT2D eigenvalue weighted by atomic mass is 9.83. The summed E-state index contributed by atoms with van der Waals surface area (Å²) in [7, 11) is 0. The van der Waals surface area contributed by atoms with Crippen molar-refractivity contribution in [2.45, 2.75) is 83.6 Å². The minimum atomic E-state index is -0.491. The molecular weight excluding hydrogens is 574 g/mol. The molecule has 0 unspecified atom stereocenters. The quantitative estimate of drug-likeness (QED) is 0.219. The number of halogens is 1. The maximum absolute atomic E-state index is 13.7. The van der Waals surface area contributed by atoms with Crippen LogP contribution in [0.3, 0.4) is 0 Å². The first-order chi connectivity index (χ1) is 19.8. The number of hydrogen-bond donors (Lipinski definition) is 1. The molecule has 1 aromatic carbocycles. The van der Waals surface area contributed by atoms with E-state index >= 15 is 0 Å². The Balaban J connectivity index is 1.42. The summed E-state index contributed by atoms with van der Waals surface area (Å²) < 4.78 is 0.978. The monoisotopic (exact) mass is 617 g/mol. The fraction of sp³-hybridized carbons (Fsp3) is 0.625. The number of aromatic nitrogens is 1. The Morgan fingerprint density at radius 3 is 2.66 bits per heavy atom. The van der Waals surface area contributed by atoms with Crippen molar-refractivity contribution in [3.63, 3.8) is 0 Å². The van der Waals surface area contributed by atoms with E-state index in [0.29, 0.717) is 48.7 Å². The molecule has 0 radical (unpaired) electrons. The molecular formula is C32H44ClN3O3S2. The number of carbonyl (C=O) groups is 3. The SMILES string of the molecule is C=C(CN1CCSCC1)C(=O)CC[C@H](CC1CCCCC1)NC(=O)[C@@H](CC(=O)CC)Cc1nc2ccc(Cl)cc2s1. The van der Waals surface area contributed by atoms with Crippen LogP contribution in [0.2, 0.25) is 5.02 Å². The summed E-state index contributed by atoms with van der Waals surface area (Å²) in [5.74, 6) is 2.32. The second kappa shape index (κ2) is 16.2. The van der Waals surface area contributed by atoms with Gasteiger partial charge in [0, 0.05) is 73.5 Å². The maximum Gasteiger partial charge on any atom is 0.224 e. The minimum Gasteiger partial charge on any atom is -0.353 e. The number of Topliss-reactive ketones (excluding diaryl/α,β-unsaturated/α-hetero) is 2. The third-order valence-corrected chi connectivity index (χ3v) is 10.6. The van der Waals surface area contributed by atoms with Crippen LogP contribution in [0.5, 0.6) is 0 Å². The van der Waals surface area contributed by atoms with Gasteiger partial charge < -0.3 is 5.32 Å². The van der Waals surface area contributed by atoms with Crippen LogP contribution in [-0.4, -0.2) is 64.5 Å². The van der Waals surface area contributed by atoms with Crippen molar-refractivity contribution in [2.24, 2.45) is 11.8 Å². The molecule has 9 heteroatoms. The summed E-state index contributed by atoms with van der Waals surface area (Å²) >= 11 is 9.64. The summed E-state index contributed by atoms with van der Waals surface area (Å²) in [5.41, 5.74) is 1.52. The standard InChI is InChI=1S/C32H44ClN3O3S2/c1-3-27(37)18-24(19-31-35-28-11-9-25(33)20-30(28)41-31)32(39)34-26(17-23-7-5-4-6-8-23)10-12-29(38)22(2)21-36-13-15-40-16-14-36/h9,11,20,23-24,26H,2-8,10,12-19,21H2,1H3,(H,34,39)/t24-,26+/m0/s1. The van der Waals surface area contributed by atoms with Gasteiger partial charge in [-0.2, -0.15) is 11.8 Å². The fourth-order valence-corrected chi connectivity index (χ4v) is 8.22. The van der Waals surface area contributed by atoms with E-state index in [2.05, 4.69) is 16.8 Å². The van der Waals surface area contributed by atoms with E-state index < -0.39 is 5.92 Å². The molecule has 2 aliphatic rings. The second-order valence-electron chi connectivity index (χ2n) is 11.6. The lowest BCUT2D eigenvalue weighted by Crippen LogP contribution is -2.42. The Morgan fingerprint density at radius 2 is 1.93 bits per heavy atom. The van der Waals surface area contributed by atoms with Crippen molar-refractivity contribution >= 4 is 62.4 Å². The summed E-state index contributed by atoms with van der Waals surface area (Å²) in [6.45, 7) is 8.57. The van der Waals surface area contributed by atoms with Crippen molar-refractivity contribution in [2.75, 3.05) is 31.1 Å². The van der Waals surface area contributed by atoms with Crippen LogP contribution in [0.1, 0.15) is 76.1 Å². The highest BCUT2D eigenvalue weighted by Gasteiger charge is 2.28. The van der Waals surface area contributed by atoms with E-state index in [0.717, 1.165) is 46.2 Å². The van der Waals surface area contributed by atoms with Crippen molar-refractivity contribution in [3.05, 3.63) is 40.4 Å². The first kappa shape index (κ1) is 32.2. The summed E-state index contributed by atoms with van der Waals surface area (Å²) in [5, 5.41) is 4.79. The highest BCUT2D eigenvalue weighted by atomic mass is 35.5. The highest BCUT2D eigenvalue weighted by Crippen LogP contribution is 2.30. The molecule has 2 heterocycles. The van der Waals surface area contributed by atoms with E-state index in [9.17, 15) is 14.4 Å². The zero-order valence-electron chi connectivity index (χ0n) is 24.3.